The average Bonchev–Trinajstić information content (AvgIpc) is 2.17. The number of ketones is 1. The van der Waals surface area contributed by atoms with Gasteiger partial charge in [-0.1, -0.05) is 15.9 Å². The third-order valence-corrected chi connectivity index (χ3v) is 2.46. The van der Waals surface area contributed by atoms with Gasteiger partial charge in [-0.2, -0.15) is 0 Å². The van der Waals surface area contributed by atoms with Gasteiger partial charge in [0.05, 0.1) is 12.7 Å². The number of carbonyl (C=O) groups excluding carboxylic acids is 2. The minimum Gasteiger partial charge on any atom is -0.465 e. The van der Waals surface area contributed by atoms with E-state index in [1.807, 2.05) is 0 Å². The molecular weight excluding hydrogens is 248 g/mol. The van der Waals surface area contributed by atoms with Gasteiger partial charge in [0.15, 0.2) is 5.78 Å². The molecular formula is C10H9BrO3. The molecule has 0 spiro atoms. The number of ether oxygens (including phenoxy) is 1. The summed E-state index contributed by atoms with van der Waals surface area (Å²) in [6.07, 6.45) is 0. The number of benzene rings is 1. The Kier molecular flexibility index (Phi) is 3.41. The van der Waals surface area contributed by atoms with Crippen molar-refractivity contribution in [2.45, 2.75) is 6.92 Å². The summed E-state index contributed by atoms with van der Waals surface area (Å²) in [7, 11) is 1.30. The Morgan fingerprint density at radius 3 is 2.50 bits per heavy atom. The first kappa shape index (κ1) is 10.9. The number of carbonyl (C=O) groups is 2. The van der Waals surface area contributed by atoms with Crippen molar-refractivity contribution < 1.29 is 14.3 Å². The standard InChI is InChI=1S/C10H9BrO3/c1-6(12)8-5-7(10(13)14-2)3-4-9(8)11/h3-5H,1-2H3. The Balaban J connectivity index is 3.19. The Hall–Kier alpha value is -1.16. The lowest BCUT2D eigenvalue weighted by Crippen LogP contribution is -2.03. The Morgan fingerprint density at radius 2 is 2.00 bits per heavy atom. The zero-order valence-electron chi connectivity index (χ0n) is 7.83. The maximum atomic E-state index is 11.2. The smallest absolute Gasteiger partial charge is 0.337 e. The van der Waals surface area contributed by atoms with Crippen LogP contribution in [0.2, 0.25) is 0 Å². The van der Waals surface area contributed by atoms with Crippen molar-refractivity contribution in [3.8, 4) is 0 Å². The van der Waals surface area contributed by atoms with Crippen LogP contribution in [0.4, 0.5) is 0 Å². The van der Waals surface area contributed by atoms with Gasteiger partial charge in [0, 0.05) is 10.0 Å². The second-order valence-corrected chi connectivity index (χ2v) is 3.60. The van der Waals surface area contributed by atoms with Gasteiger partial charge in [-0.25, -0.2) is 4.79 Å². The van der Waals surface area contributed by atoms with Gasteiger partial charge in [0.25, 0.3) is 0 Å². The first-order valence-corrected chi connectivity index (χ1v) is 4.74. The van der Waals surface area contributed by atoms with E-state index in [-0.39, 0.29) is 5.78 Å². The Bertz CT molecular complexity index is 385. The SMILES string of the molecule is COC(=O)c1ccc(Br)c(C(C)=O)c1. The number of Topliss-reactive ketones (excluding diaryl/α,β-unsaturated/α-hetero) is 1. The molecule has 0 bridgehead atoms. The molecule has 0 heterocycles. The number of hydrogen-bond donors (Lipinski definition) is 0. The van der Waals surface area contributed by atoms with Crippen LogP contribution in [-0.4, -0.2) is 18.9 Å². The molecule has 0 saturated heterocycles. The van der Waals surface area contributed by atoms with Crippen LogP contribution in [0, 0.1) is 0 Å². The maximum Gasteiger partial charge on any atom is 0.337 e. The lowest BCUT2D eigenvalue weighted by Gasteiger charge is -2.03. The maximum absolute atomic E-state index is 11.2. The molecule has 0 aliphatic rings. The summed E-state index contributed by atoms with van der Waals surface area (Å²) >= 11 is 3.23. The quantitative estimate of drug-likeness (QED) is 0.603. The number of halogens is 1. The lowest BCUT2D eigenvalue weighted by atomic mass is 10.1. The summed E-state index contributed by atoms with van der Waals surface area (Å²) in [4.78, 5) is 22.3. The summed E-state index contributed by atoms with van der Waals surface area (Å²) in [6, 6.07) is 4.77. The molecule has 0 saturated carbocycles. The second kappa shape index (κ2) is 4.37. The van der Waals surface area contributed by atoms with E-state index in [4.69, 9.17) is 0 Å². The van der Waals surface area contributed by atoms with Crippen LogP contribution in [0.5, 0.6) is 0 Å². The second-order valence-electron chi connectivity index (χ2n) is 2.74. The third kappa shape index (κ3) is 2.20. The molecule has 4 heteroatoms. The van der Waals surface area contributed by atoms with Gasteiger partial charge in [-0.05, 0) is 25.1 Å². The number of esters is 1. The normalized spacial score (nSPS) is 9.64. The van der Waals surface area contributed by atoms with Crippen LogP contribution in [0.1, 0.15) is 27.6 Å². The van der Waals surface area contributed by atoms with Gasteiger partial charge in [0.1, 0.15) is 0 Å². The van der Waals surface area contributed by atoms with Crippen molar-refractivity contribution in [2.24, 2.45) is 0 Å². The van der Waals surface area contributed by atoms with E-state index < -0.39 is 5.97 Å². The summed E-state index contributed by atoms with van der Waals surface area (Å²) in [5, 5.41) is 0. The number of rotatable bonds is 2. The zero-order valence-corrected chi connectivity index (χ0v) is 9.42. The minimum atomic E-state index is -0.444. The first-order chi connectivity index (χ1) is 6.56. The molecule has 0 unspecified atom stereocenters. The molecule has 74 valence electrons. The van der Waals surface area contributed by atoms with Crippen LogP contribution in [0.3, 0.4) is 0 Å². The van der Waals surface area contributed by atoms with E-state index in [1.165, 1.54) is 20.1 Å². The van der Waals surface area contributed by atoms with Crippen LogP contribution >= 0.6 is 15.9 Å². The highest BCUT2D eigenvalue weighted by atomic mass is 79.9. The molecule has 0 aromatic heterocycles. The van der Waals surface area contributed by atoms with Crippen molar-refractivity contribution >= 4 is 27.7 Å². The third-order valence-electron chi connectivity index (χ3n) is 1.77. The molecule has 0 fully saturated rings. The molecule has 0 amide bonds. The summed E-state index contributed by atoms with van der Waals surface area (Å²) in [5.41, 5.74) is 0.855. The Labute approximate surface area is 90.2 Å². The largest absolute Gasteiger partial charge is 0.465 e. The van der Waals surface area contributed by atoms with Crippen LogP contribution < -0.4 is 0 Å². The van der Waals surface area contributed by atoms with Crippen molar-refractivity contribution in [3.63, 3.8) is 0 Å². The minimum absolute atomic E-state index is 0.0948. The van der Waals surface area contributed by atoms with Crippen LogP contribution in [-0.2, 0) is 4.74 Å². The van der Waals surface area contributed by atoms with E-state index in [1.54, 1.807) is 12.1 Å². The molecule has 0 aliphatic carbocycles. The van der Waals surface area contributed by atoms with Gasteiger partial charge >= 0.3 is 5.97 Å². The predicted octanol–water partition coefficient (Wildman–Crippen LogP) is 2.44. The predicted molar refractivity (Wildman–Crippen MR) is 55.5 cm³/mol. The molecule has 0 N–H and O–H groups in total. The molecule has 1 aromatic carbocycles. The Morgan fingerprint density at radius 1 is 1.36 bits per heavy atom. The van der Waals surface area contributed by atoms with E-state index >= 15 is 0 Å². The van der Waals surface area contributed by atoms with Crippen molar-refractivity contribution in [1.29, 1.82) is 0 Å². The monoisotopic (exact) mass is 256 g/mol. The van der Waals surface area contributed by atoms with Crippen LogP contribution in [0.25, 0.3) is 0 Å². The summed E-state index contributed by atoms with van der Waals surface area (Å²) < 4.78 is 5.22. The molecule has 0 radical (unpaired) electrons. The van der Waals surface area contributed by atoms with Gasteiger partial charge in [-0.15, -0.1) is 0 Å². The van der Waals surface area contributed by atoms with Gasteiger partial charge in [-0.3, -0.25) is 4.79 Å². The van der Waals surface area contributed by atoms with E-state index in [0.29, 0.717) is 15.6 Å². The van der Waals surface area contributed by atoms with Gasteiger partial charge < -0.3 is 4.74 Å². The fourth-order valence-electron chi connectivity index (χ4n) is 1.04. The first-order valence-electron chi connectivity index (χ1n) is 3.95. The number of methoxy groups -OCH3 is 1. The highest BCUT2D eigenvalue weighted by Crippen LogP contribution is 2.19. The zero-order chi connectivity index (χ0) is 10.7. The molecule has 14 heavy (non-hydrogen) atoms. The summed E-state index contributed by atoms with van der Waals surface area (Å²) in [5.74, 6) is -0.539. The van der Waals surface area contributed by atoms with Crippen molar-refractivity contribution in [1.82, 2.24) is 0 Å². The van der Waals surface area contributed by atoms with E-state index in [0.717, 1.165) is 0 Å². The molecule has 0 aliphatic heterocycles. The fraction of sp³-hybridized carbons (Fsp3) is 0.200. The highest BCUT2D eigenvalue weighted by molar-refractivity contribution is 9.10. The molecule has 3 nitrogen and oxygen atoms in total. The topological polar surface area (TPSA) is 43.4 Å². The van der Waals surface area contributed by atoms with Gasteiger partial charge in [0.2, 0.25) is 0 Å². The molecule has 1 rings (SSSR count). The fourth-order valence-corrected chi connectivity index (χ4v) is 1.57. The highest BCUT2D eigenvalue weighted by Gasteiger charge is 2.10. The summed E-state index contributed by atoms with van der Waals surface area (Å²) in [6.45, 7) is 1.45. The van der Waals surface area contributed by atoms with Crippen molar-refractivity contribution in [2.75, 3.05) is 7.11 Å². The molecule has 1 aromatic rings. The average molecular weight is 257 g/mol. The van der Waals surface area contributed by atoms with E-state index in [2.05, 4.69) is 20.7 Å². The lowest BCUT2D eigenvalue weighted by molar-refractivity contribution is 0.0600. The van der Waals surface area contributed by atoms with Crippen LogP contribution in [0.15, 0.2) is 22.7 Å². The van der Waals surface area contributed by atoms with E-state index in [9.17, 15) is 9.59 Å². The number of hydrogen-bond acceptors (Lipinski definition) is 3. The van der Waals surface area contributed by atoms with Crippen molar-refractivity contribution in [3.05, 3.63) is 33.8 Å². The molecule has 0 atom stereocenters.